The zero-order valence-corrected chi connectivity index (χ0v) is 10.5. The van der Waals surface area contributed by atoms with Gasteiger partial charge in [0.1, 0.15) is 5.75 Å². The van der Waals surface area contributed by atoms with Crippen molar-refractivity contribution >= 4 is 11.5 Å². The van der Waals surface area contributed by atoms with Crippen molar-refractivity contribution in [3.63, 3.8) is 0 Å². The van der Waals surface area contributed by atoms with Gasteiger partial charge in [0.25, 0.3) is 0 Å². The Morgan fingerprint density at radius 1 is 1.39 bits per heavy atom. The maximum absolute atomic E-state index is 11.6. The van der Waals surface area contributed by atoms with Crippen molar-refractivity contribution in [1.29, 1.82) is 0 Å². The van der Waals surface area contributed by atoms with Crippen LogP contribution in [0.2, 0.25) is 0 Å². The number of carbonyl (C=O) groups is 1. The van der Waals surface area contributed by atoms with Crippen LogP contribution in [0.25, 0.3) is 5.57 Å². The molecular formula is C15H16O3. The first-order chi connectivity index (χ1) is 8.79. The quantitative estimate of drug-likeness (QED) is 0.592. The lowest BCUT2D eigenvalue weighted by Crippen LogP contribution is -2.00. The van der Waals surface area contributed by atoms with Gasteiger partial charge in [-0.1, -0.05) is 6.07 Å². The highest BCUT2D eigenvalue weighted by atomic mass is 16.5. The Morgan fingerprint density at radius 3 is 3.11 bits per heavy atom. The summed E-state index contributed by atoms with van der Waals surface area (Å²) in [5.41, 5.74) is 4.93. The predicted octanol–water partition coefficient (Wildman–Crippen LogP) is 2.51. The van der Waals surface area contributed by atoms with Crippen molar-refractivity contribution in [3.8, 4) is 5.75 Å². The first-order valence-electron chi connectivity index (χ1n) is 6.45. The highest BCUT2D eigenvalue weighted by molar-refractivity contribution is 5.94. The highest BCUT2D eigenvalue weighted by Gasteiger charge is 2.25. The first kappa shape index (κ1) is 11.3. The van der Waals surface area contributed by atoms with Crippen LogP contribution in [0.15, 0.2) is 18.2 Å². The molecule has 2 aliphatic rings. The number of hydrogen-bond donors (Lipinski definition) is 0. The molecule has 0 radical (unpaired) electrons. The zero-order chi connectivity index (χ0) is 12.5. The minimum Gasteiger partial charge on any atom is -0.493 e. The van der Waals surface area contributed by atoms with Gasteiger partial charge in [0, 0.05) is 18.1 Å². The number of fused-ring (bicyclic) bond motifs is 3. The molecule has 0 bridgehead atoms. The Labute approximate surface area is 106 Å². The molecule has 0 spiro atoms. The van der Waals surface area contributed by atoms with Gasteiger partial charge in [-0.2, -0.15) is 0 Å². The van der Waals surface area contributed by atoms with Gasteiger partial charge >= 0.3 is 5.97 Å². The first-order valence-corrected chi connectivity index (χ1v) is 6.45. The Kier molecular flexibility index (Phi) is 2.82. The molecule has 0 unspecified atom stereocenters. The summed E-state index contributed by atoms with van der Waals surface area (Å²) in [5.74, 6) is 0.738. The molecule has 3 rings (SSSR count). The van der Waals surface area contributed by atoms with E-state index < -0.39 is 0 Å². The van der Waals surface area contributed by atoms with Crippen LogP contribution in [0.3, 0.4) is 0 Å². The van der Waals surface area contributed by atoms with Gasteiger partial charge in [-0.15, -0.1) is 0 Å². The lowest BCUT2D eigenvalue weighted by molar-refractivity contribution is -0.137. The van der Waals surface area contributed by atoms with Crippen LogP contribution in [-0.2, 0) is 22.4 Å². The van der Waals surface area contributed by atoms with E-state index in [4.69, 9.17) is 9.47 Å². The summed E-state index contributed by atoms with van der Waals surface area (Å²) in [7, 11) is 0. The van der Waals surface area contributed by atoms with Gasteiger partial charge < -0.3 is 9.47 Å². The molecule has 0 atom stereocenters. The summed E-state index contributed by atoms with van der Waals surface area (Å²) in [5, 5.41) is 0. The maximum atomic E-state index is 11.6. The minimum atomic E-state index is -0.239. The molecule has 0 saturated carbocycles. The molecule has 0 fully saturated rings. The molecule has 0 aromatic heterocycles. The van der Waals surface area contributed by atoms with Crippen LogP contribution >= 0.6 is 0 Å². The fraction of sp³-hybridized carbons (Fsp3) is 0.400. The summed E-state index contributed by atoms with van der Waals surface area (Å²) in [6, 6.07) is 4.17. The molecule has 3 heteroatoms. The van der Waals surface area contributed by atoms with Crippen molar-refractivity contribution in [2.24, 2.45) is 0 Å². The van der Waals surface area contributed by atoms with Crippen LogP contribution < -0.4 is 4.74 Å². The summed E-state index contributed by atoms with van der Waals surface area (Å²) in [4.78, 5) is 11.6. The van der Waals surface area contributed by atoms with Gasteiger partial charge in [0.15, 0.2) is 0 Å². The third-order valence-electron chi connectivity index (χ3n) is 3.53. The van der Waals surface area contributed by atoms with Crippen molar-refractivity contribution in [3.05, 3.63) is 34.9 Å². The molecule has 1 aliphatic heterocycles. The summed E-state index contributed by atoms with van der Waals surface area (Å²) >= 11 is 0. The number of rotatable bonds is 2. The highest BCUT2D eigenvalue weighted by Crippen LogP contribution is 2.41. The van der Waals surface area contributed by atoms with Gasteiger partial charge in [-0.3, -0.25) is 0 Å². The molecule has 0 saturated heterocycles. The number of allylic oxidation sites excluding steroid dienone is 1. The number of benzene rings is 1. The van der Waals surface area contributed by atoms with E-state index in [0.29, 0.717) is 6.61 Å². The molecule has 18 heavy (non-hydrogen) atoms. The lowest BCUT2D eigenvalue weighted by atomic mass is 9.98. The van der Waals surface area contributed by atoms with Crippen molar-refractivity contribution in [2.45, 2.75) is 26.2 Å². The second-order valence-corrected chi connectivity index (χ2v) is 4.60. The number of esters is 1. The second kappa shape index (κ2) is 4.48. The number of hydrogen-bond acceptors (Lipinski definition) is 3. The Hall–Kier alpha value is -1.77. The van der Waals surface area contributed by atoms with Crippen LogP contribution in [0.5, 0.6) is 5.75 Å². The number of carbonyl (C=O) groups excluding carboxylic acids is 1. The summed E-state index contributed by atoms with van der Waals surface area (Å²) in [6.45, 7) is 2.99. The van der Waals surface area contributed by atoms with Crippen molar-refractivity contribution < 1.29 is 14.3 Å². The van der Waals surface area contributed by atoms with Crippen LogP contribution in [-0.4, -0.2) is 19.2 Å². The van der Waals surface area contributed by atoms with Gasteiger partial charge in [0.2, 0.25) is 0 Å². The zero-order valence-electron chi connectivity index (χ0n) is 10.5. The van der Waals surface area contributed by atoms with Crippen LogP contribution in [0.4, 0.5) is 0 Å². The predicted molar refractivity (Wildman–Crippen MR) is 68.6 cm³/mol. The molecule has 1 heterocycles. The number of aryl methyl sites for hydroxylation is 1. The standard InChI is InChI=1S/C15H16O3/c1-2-17-14(16)9-11-4-3-10-5-6-13-12(15(10)11)7-8-18-13/h5-6,9H,2-4,7-8H2,1H3/b11-9+. The average molecular weight is 244 g/mol. The molecule has 94 valence electrons. The Bertz CT molecular complexity index is 529. The fourth-order valence-corrected chi connectivity index (χ4v) is 2.80. The lowest BCUT2D eigenvalue weighted by Gasteiger charge is -2.07. The monoisotopic (exact) mass is 244 g/mol. The molecule has 3 nitrogen and oxygen atoms in total. The Balaban J connectivity index is 2.01. The van der Waals surface area contributed by atoms with Crippen LogP contribution in [0, 0.1) is 0 Å². The largest absolute Gasteiger partial charge is 0.493 e. The van der Waals surface area contributed by atoms with Crippen molar-refractivity contribution in [2.75, 3.05) is 13.2 Å². The maximum Gasteiger partial charge on any atom is 0.331 e. The summed E-state index contributed by atoms with van der Waals surface area (Å²) < 4.78 is 10.6. The number of ether oxygens (including phenoxy) is 2. The topological polar surface area (TPSA) is 35.5 Å². The fourth-order valence-electron chi connectivity index (χ4n) is 2.80. The van der Waals surface area contributed by atoms with E-state index in [1.807, 2.05) is 6.92 Å². The molecule has 1 aliphatic carbocycles. The van der Waals surface area contributed by atoms with E-state index in [0.717, 1.165) is 37.2 Å². The minimum absolute atomic E-state index is 0.239. The average Bonchev–Trinajstić information content (AvgIpc) is 2.94. The third kappa shape index (κ3) is 1.80. The summed E-state index contributed by atoms with van der Waals surface area (Å²) in [6.07, 6.45) is 4.52. The van der Waals surface area contributed by atoms with E-state index in [1.165, 1.54) is 16.7 Å². The molecular weight excluding hydrogens is 228 g/mol. The van der Waals surface area contributed by atoms with E-state index in [-0.39, 0.29) is 5.97 Å². The van der Waals surface area contributed by atoms with Crippen LogP contribution in [0.1, 0.15) is 30.0 Å². The smallest absolute Gasteiger partial charge is 0.331 e. The molecule has 0 amide bonds. The van der Waals surface area contributed by atoms with Crippen molar-refractivity contribution in [1.82, 2.24) is 0 Å². The molecule has 0 N–H and O–H groups in total. The third-order valence-corrected chi connectivity index (χ3v) is 3.53. The van der Waals surface area contributed by atoms with Gasteiger partial charge in [-0.25, -0.2) is 4.79 Å². The van der Waals surface area contributed by atoms with E-state index in [1.54, 1.807) is 6.08 Å². The SMILES string of the molecule is CCOC(=O)/C=C1\CCc2ccc3c(c21)CCO3. The second-order valence-electron chi connectivity index (χ2n) is 4.60. The van der Waals surface area contributed by atoms with Gasteiger partial charge in [-0.05, 0) is 42.5 Å². The van der Waals surface area contributed by atoms with E-state index >= 15 is 0 Å². The van der Waals surface area contributed by atoms with Gasteiger partial charge in [0.05, 0.1) is 13.2 Å². The Morgan fingerprint density at radius 2 is 2.28 bits per heavy atom. The molecule has 1 aromatic carbocycles. The van der Waals surface area contributed by atoms with E-state index in [2.05, 4.69) is 12.1 Å². The normalized spacial score (nSPS) is 18.4. The van der Waals surface area contributed by atoms with E-state index in [9.17, 15) is 4.79 Å². The molecule has 1 aromatic rings.